The fourth-order valence-corrected chi connectivity index (χ4v) is 3.28. The Morgan fingerprint density at radius 1 is 1.43 bits per heavy atom. The molecule has 0 spiro atoms. The molecule has 0 bridgehead atoms. The van der Waals surface area contributed by atoms with Gasteiger partial charge in [-0.15, -0.1) is 0 Å². The summed E-state index contributed by atoms with van der Waals surface area (Å²) in [6.07, 6.45) is 2.27. The van der Waals surface area contributed by atoms with Crippen LogP contribution >= 0.6 is 0 Å². The lowest BCUT2D eigenvalue weighted by Crippen LogP contribution is -2.48. The van der Waals surface area contributed by atoms with Crippen LogP contribution in [0.25, 0.3) is 0 Å². The van der Waals surface area contributed by atoms with Gasteiger partial charge in [-0.2, -0.15) is 0 Å². The number of aryl methyl sites for hydroxylation is 1. The van der Waals surface area contributed by atoms with Crippen molar-refractivity contribution in [2.75, 3.05) is 19.7 Å². The first kappa shape index (κ1) is 14.3. The smallest absolute Gasteiger partial charge is 0.276 e. The second kappa shape index (κ2) is 5.64. The Balaban J connectivity index is 1.88. The maximum Gasteiger partial charge on any atom is 0.276 e. The molecule has 0 unspecified atom stereocenters. The van der Waals surface area contributed by atoms with Crippen LogP contribution in [0.2, 0.25) is 0 Å². The van der Waals surface area contributed by atoms with Gasteiger partial charge in [-0.1, -0.05) is 0 Å². The topological polar surface area (TPSA) is 68.5 Å². The van der Waals surface area contributed by atoms with E-state index in [1.807, 2.05) is 30.9 Å². The summed E-state index contributed by atoms with van der Waals surface area (Å²) in [6, 6.07) is 3.84. The van der Waals surface area contributed by atoms with Gasteiger partial charge in [0.2, 0.25) is 0 Å². The van der Waals surface area contributed by atoms with Gasteiger partial charge in [-0.05, 0) is 50.7 Å². The molecule has 114 valence electrons. The Bertz CT molecular complexity index is 546. The monoisotopic (exact) mass is 289 g/mol. The van der Waals surface area contributed by atoms with Crippen LogP contribution in [0.4, 0.5) is 0 Å². The summed E-state index contributed by atoms with van der Waals surface area (Å²) in [5, 5.41) is 0. The van der Waals surface area contributed by atoms with Crippen LogP contribution < -0.4 is 10.5 Å². The lowest BCUT2D eigenvalue weighted by atomic mass is 10.0. The Labute approximate surface area is 125 Å². The summed E-state index contributed by atoms with van der Waals surface area (Å²) in [4.78, 5) is 19.2. The molecule has 2 fully saturated rings. The van der Waals surface area contributed by atoms with E-state index in [0.29, 0.717) is 30.5 Å². The maximum absolute atomic E-state index is 12.9. The van der Waals surface area contributed by atoms with Crippen molar-refractivity contribution in [2.24, 2.45) is 17.6 Å². The van der Waals surface area contributed by atoms with Crippen molar-refractivity contribution in [3.8, 4) is 5.75 Å². The minimum absolute atomic E-state index is 0.0389. The number of piperidine rings is 1. The van der Waals surface area contributed by atoms with Gasteiger partial charge in [-0.25, -0.2) is 4.98 Å². The Morgan fingerprint density at radius 3 is 2.95 bits per heavy atom. The van der Waals surface area contributed by atoms with Gasteiger partial charge < -0.3 is 15.4 Å². The number of likely N-dealkylation sites (tertiary alicyclic amines) is 1. The van der Waals surface area contributed by atoms with E-state index in [1.165, 1.54) is 6.42 Å². The molecule has 2 heterocycles. The quantitative estimate of drug-likeness (QED) is 0.914. The molecule has 1 aliphatic carbocycles. The van der Waals surface area contributed by atoms with Crippen molar-refractivity contribution in [3.05, 3.63) is 23.5 Å². The van der Waals surface area contributed by atoms with E-state index >= 15 is 0 Å². The van der Waals surface area contributed by atoms with Gasteiger partial charge in [0, 0.05) is 24.8 Å². The molecule has 1 aliphatic heterocycles. The number of nitrogens with two attached hydrogens (primary N) is 1. The molecule has 1 aromatic rings. The first-order chi connectivity index (χ1) is 10.1. The molecule has 21 heavy (non-hydrogen) atoms. The number of ether oxygens (including phenoxy) is 1. The second-order valence-electron chi connectivity index (χ2n) is 6.07. The minimum atomic E-state index is -0.0389. The molecule has 3 atom stereocenters. The van der Waals surface area contributed by atoms with Crippen LogP contribution in [-0.2, 0) is 0 Å². The number of fused-ring (bicyclic) bond motifs is 1. The molecule has 0 aromatic carbocycles. The normalized spacial score (nSPS) is 27.2. The number of hydrogen-bond donors (Lipinski definition) is 1. The minimum Gasteiger partial charge on any atom is -0.491 e. The fourth-order valence-electron chi connectivity index (χ4n) is 3.28. The highest BCUT2D eigenvalue weighted by atomic mass is 16.5. The Morgan fingerprint density at radius 2 is 2.24 bits per heavy atom. The van der Waals surface area contributed by atoms with Gasteiger partial charge in [0.25, 0.3) is 5.91 Å². The molecular formula is C16H23N3O2. The molecule has 5 heteroatoms. The van der Waals surface area contributed by atoms with Gasteiger partial charge in [0.1, 0.15) is 0 Å². The van der Waals surface area contributed by atoms with Gasteiger partial charge >= 0.3 is 0 Å². The standard InChI is InChI=1S/C16H23N3O2/c1-3-21-14-5-4-10(2)18-15(14)16(20)19-9-12-6-11(12)7-13(19)8-17/h4-5,11-13H,3,6-9,17H2,1-2H3/t11-,12+,13+/m1/s1. The highest BCUT2D eigenvalue weighted by molar-refractivity contribution is 5.95. The van der Waals surface area contributed by atoms with E-state index in [1.54, 1.807) is 0 Å². The maximum atomic E-state index is 12.9. The molecule has 0 radical (unpaired) electrons. The van der Waals surface area contributed by atoms with Crippen molar-refractivity contribution in [2.45, 2.75) is 32.7 Å². The summed E-state index contributed by atoms with van der Waals surface area (Å²) < 4.78 is 5.57. The molecule has 1 saturated carbocycles. The van der Waals surface area contributed by atoms with Crippen LogP contribution in [0.15, 0.2) is 12.1 Å². The average molecular weight is 289 g/mol. The number of carbonyl (C=O) groups is 1. The molecule has 5 nitrogen and oxygen atoms in total. The Kier molecular flexibility index (Phi) is 3.85. The predicted molar refractivity (Wildman–Crippen MR) is 80.2 cm³/mol. The zero-order chi connectivity index (χ0) is 15.0. The molecule has 1 aromatic heterocycles. The number of nitrogens with zero attached hydrogens (tertiary/aromatic N) is 2. The number of rotatable bonds is 4. The molecule has 2 aliphatic rings. The zero-order valence-corrected chi connectivity index (χ0v) is 12.7. The highest BCUT2D eigenvalue weighted by Crippen LogP contribution is 2.47. The average Bonchev–Trinajstić information content (AvgIpc) is 3.25. The number of hydrogen-bond acceptors (Lipinski definition) is 4. The molecular weight excluding hydrogens is 266 g/mol. The van der Waals surface area contributed by atoms with Crippen molar-refractivity contribution < 1.29 is 9.53 Å². The van der Waals surface area contributed by atoms with Crippen LogP contribution in [0.1, 0.15) is 35.9 Å². The largest absolute Gasteiger partial charge is 0.491 e. The fraction of sp³-hybridized carbons (Fsp3) is 0.625. The molecule has 1 saturated heterocycles. The highest BCUT2D eigenvalue weighted by Gasteiger charge is 2.47. The Hall–Kier alpha value is -1.62. The SMILES string of the molecule is CCOc1ccc(C)nc1C(=O)N1C[C@@H]2C[C@@H]2C[C@H]1CN. The van der Waals surface area contributed by atoms with Gasteiger partial charge in [0.05, 0.1) is 6.61 Å². The lowest BCUT2D eigenvalue weighted by molar-refractivity contribution is 0.0600. The molecule has 2 N–H and O–H groups in total. The zero-order valence-electron chi connectivity index (χ0n) is 12.7. The van der Waals surface area contributed by atoms with Crippen molar-refractivity contribution >= 4 is 5.91 Å². The third kappa shape index (κ3) is 2.75. The number of carbonyl (C=O) groups excluding carboxylic acids is 1. The van der Waals surface area contributed by atoms with Gasteiger partial charge in [-0.3, -0.25) is 4.79 Å². The summed E-state index contributed by atoms with van der Waals surface area (Å²) in [7, 11) is 0. The third-order valence-electron chi connectivity index (χ3n) is 4.55. The van der Waals surface area contributed by atoms with Crippen molar-refractivity contribution in [3.63, 3.8) is 0 Å². The second-order valence-corrected chi connectivity index (χ2v) is 6.07. The van der Waals surface area contributed by atoms with Crippen LogP contribution in [0.5, 0.6) is 5.75 Å². The summed E-state index contributed by atoms with van der Waals surface area (Å²) in [5.74, 6) is 1.97. The number of amides is 1. The lowest BCUT2D eigenvalue weighted by Gasteiger charge is -2.34. The van der Waals surface area contributed by atoms with Crippen LogP contribution in [0, 0.1) is 18.8 Å². The van der Waals surface area contributed by atoms with Crippen molar-refractivity contribution in [1.29, 1.82) is 0 Å². The van der Waals surface area contributed by atoms with Gasteiger partial charge in [0.15, 0.2) is 11.4 Å². The number of aromatic nitrogens is 1. The van der Waals surface area contributed by atoms with E-state index in [2.05, 4.69) is 4.98 Å². The van der Waals surface area contributed by atoms with E-state index in [-0.39, 0.29) is 11.9 Å². The van der Waals surface area contributed by atoms with E-state index < -0.39 is 0 Å². The predicted octanol–water partition coefficient (Wildman–Crippen LogP) is 1.60. The first-order valence-electron chi connectivity index (χ1n) is 7.75. The van der Waals surface area contributed by atoms with E-state index in [0.717, 1.165) is 24.6 Å². The summed E-state index contributed by atoms with van der Waals surface area (Å²) in [6.45, 7) is 5.65. The summed E-state index contributed by atoms with van der Waals surface area (Å²) >= 11 is 0. The van der Waals surface area contributed by atoms with Crippen molar-refractivity contribution in [1.82, 2.24) is 9.88 Å². The molecule has 3 rings (SSSR count). The molecule has 1 amide bonds. The van der Waals surface area contributed by atoms with E-state index in [9.17, 15) is 4.79 Å². The van der Waals surface area contributed by atoms with E-state index in [4.69, 9.17) is 10.5 Å². The number of pyridine rings is 1. The third-order valence-corrected chi connectivity index (χ3v) is 4.55. The first-order valence-corrected chi connectivity index (χ1v) is 7.75. The van der Waals surface area contributed by atoms with Crippen LogP contribution in [0.3, 0.4) is 0 Å². The summed E-state index contributed by atoms with van der Waals surface area (Å²) in [5.41, 5.74) is 7.12. The van der Waals surface area contributed by atoms with Crippen LogP contribution in [-0.4, -0.2) is 41.5 Å².